The Balaban J connectivity index is 1.66. The van der Waals surface area contributed by atoms with E-state index < -0.39 is 5.97 Å². The minimum Gasteiger partial charge on any atom is -0.478 e. The first kappa shape index (κ1) is 19.5. The largest absolute Gasteiger partial charge is 0.478 e. The van der Waals surface area contributed by atoms with Crippen LogP contribution in [0.3, 0.4) is 0 Å². The lowest BCUT2D eigenvalue weighted by molar-refractivity contribution is 0.0699. The van der Waals surface area contributed by atoms with Crippen LogP contribution >= 0.6 is 34.8 Å². The highest BCUT2D eigenvalue weighted by Crippen LogP contribution is 2.30. The second-order valence-corrected chi connectivity index (χ2v) is 7.48. The van der Waals surface area contributed by atoms with Gasteiger partial charge in [0, 0.05) is 16.0 Å². The Kier molecular flexibility index (Phi) is 5.33. The van der Waals surface area contributed by atoms with Gasteiger partial charge in [-0.1, -0.05) is 34.8 Å². The number of carboxylic acid groups (broad SMARTS) is 1. The lowest BCUT2D eigenvalue weighted by Crippen LogP contribution is -2.00. The SMILES string of the molecule is O=C(O)c1cc(/C=C/c2ccc(-c3ccc(Cl)c(Cl)c3)o2)nc2ccc(Cl)cc12. The third-order valence-corrected chi connectivity index (χ3v) is 5.24. The molecule has 2 heterocycles. The highest BCUT2D eigenvalue weighted by Gasteiger charge is 2.12. The van der Waals surface area contributed by atoms with Gasteiger partial charge in [-0.2, -0.15) is 0 Å². The Morgan fingerprint density at radius 2 is 1.76 bits per heavy atom. The van der Waals surface area contributed by atoms with Crippen LogP contribution in [0.25, 0.3) is 34.4 Å². The Labute approximate surface area is 181 Å². The van der Waals surface area contributed by atoms with E-state index in [-0.39, 0.29) is 5.56 Å². The number of fused-ring (bicyclic) bond motifs is 1. The van der Waals surface area contributed by atoms with Gasteiger partial charge in [-0.25, -0.2) is 9.78 Å². The number of halogens is 3. The van der Waals surface area contributed by atoms with E-state index in [2.05, 4.69) is 4.98 Å². The Morgan fingerprint density at radius 1 is 0.931 bits per heavy atom. The Morgan fingerprint density at radius 3 is 2.52 bits per heavy atom. The number of carboxylic acids is 1. The summed E-state index contributed by atoms with van der Waals surface area (Å²) in [6.45, 7) is 0. The summed E-state index contributed by atoms with van der Waals surface area (Å²) in [6, 6.07) is 15.3. The zero-order valence-electron chi connectivity index (χ0n) is 14.7. The molecule has 0 saturated carbocycles. The van der Waals surface area contributed by atoms with Crippen LogP contribution in [0.4, 0.5) is 0 Å². The molecule has 4 aromatic rings. The van der Waals surface area contributed by atoms with Crippen LogP contribution in [0, 0.1) is 0 Å². The summed E-state index contributed by atoms with van der Waals surface area (Å²) in [7, 11) is 0. The molecule has 144 valence electrons. The van der Waals surface area contributed by atoms with E-state index >= 15 is 0 Å². The number of carbonyl (C=O) groups is 1. The lowest BCUT2D eigenvalue weighted by atomic mass is 10.1. The van der Waals surface area contributed by atoms with Gasteiger partial charge >= 0.3 is 5.97 Å². The molecule has 0 saturated heterocycles. The lowest BCUT2D eigenvalue weighted by Gasteiger charge is -2.04. The van der Waals surface area contributed by atoms with Gasteiger partial charge < -0.3 is 9.52 Å². The molecule has 7 heteroatoms. The molecule has 0 bridgehead atoms. The highest BCUT2D eigenvalue weighted by molar-refractivity contribution is 6.42. The van der Waals surface area contributed by atoms with Crippen LogP contribution in [0.15, 0.2) is 59.0 Å². The third-order valence-electron chi connectivity index (χ3n) is 4.27. The van der Waals surface area contributed by atoms with Crippen molar-refractivity contribution in [1.29, 1.82) is 0 Å². The molecule has 4 rings (SSSR count). The minimum absolute atomic E-state index is 0.132. The van der Waals surface area contributed by atoms with Gasteiger partial charge in [-0.05, 0) is 66.7 Å². The van der Waals surface area contributed by atoms with Crippen molar-refractivity contribution in [3.05, 3.63) is 86.7 Å². The van der Waals surface area contributed by atoms with Crippen molar-refractivity contribution in [3.8, 4) is 11.3 Å². The van der Waals surface area contributed by atoms with E-state index in [0.717, 1.165) is 5.56 Å². The normalized spacial score (nSPS) is 11.4. The molecule has 0 spiro atoms. The number of pyridine rings is 1. The number of aromatic nitrogens is 1. The monoisotopic (exact) mass is 443 g/mol. The predicted octanol–water partition coefficient (Wildman–Crippen LogP) is 7.32. The average molecular weight is 445 g/mol. The van der Waals surface area contributed by atoms with Gasteiger partial charge in [-0.3, -0.25) is 0 Å². The standard InChI is InChI=1S/C22H12Cl3NO3/c23-13-2-7-20-16(10-13)17(22(27)28)11-14(26-20)3-4-15-5-8-21(29-15)12-1-6-18(24)19(25)9-12/h1-11H,(H,27,28)/b4-3+. The van der Waals surface area contributed by atoms with Crippen molar-refractivity contribution in [2.24, 2.45) is 0 Å². The Bertz CT molecular complexity index is 1280. The summed E-state index contributed by atoms with van der Waals surface area (Å²) >= 11 is 18.0. The van der Waals surface area contributed by atoms with Gasteiger partial charge in [0.05, 0.1) is 26.8 Å². The highest BCUT2D eigenvalue weighted by atomic mass is 35.5. The van der Waals surface area contributed by atoms with Crippen molar-refractivity contribution < 1.29 is 14.3 Å². The third kappa shape index (κ3) is 4.15. The maximum Gasteiger partial charge on any atom is 0.336 e. The molecule has 0 aliphatic rings. The molecular formula is C22H12Cl3NO3. The molecule has 0 aliphatic carbocycles. The van der Waals surface area contributed by atoms with Crippen LogP contribution < -0.4 is 0 Å². The van der Waals surface area contributed by atoms with E-state index in [1.807, 2.05) is 12.1 Å². The summed E-state index contributed by atoms with van der Waals surface area (Å²) in [6.07, 6.45) is 3.41. The molecular weight excluding hydrogens is 433 g/mol. The number of aromatic carboxylic acids is 1. The van der Waals surface area contributed by atoms with Crippen molar-refractivity contribution >= 4 is 63.8 Å². The fraction of sp³-hybridized carbons (Fsp3) is 0. The number of rotatable bonds is 4. The van der Waals surface area contributed by atoms with E-state index in [9.17, 15) is 9.90 Å². The first-order valence-electron chi connectivity index (χ1n) is 8.47. The molecule has 0 fully saturated rings. The van der Waals surface area contributed by atoms with Crippen molar-refractivity contribution in [2.45, 2.75) is 0 Å². The molecule has 4 nitrogen and oxygen atoms in total. The van der Waals surface area contributed by atoms with Crippen LogP contribution in [0.1, 0.15) is 21.8 Å². The molecule has 1 N–H and O–H groups in total. The zero-order chi connectivity index (χ0) is 20.5. The molecule has 0 atom stereocenters. The second kappa shape index (κ2) is 7.91. The van der Waals surface area contributed by atoms with E-state index in [4.69, 9.17) is 39.2 Å². The first-order valence-corrected chi connectivity index (χ1v) is 9.61. The van der Waals surface area contributed by atoms with Gasteiger partial charge in [0.2, 0.25) is 0 Å². The topological polar surface area (TPSA) is 63.3 Å². The number of hydrogen-bond donors (Lipinski definition) is 1. The van der Waals surface area contributed by atoms with Gasteiger partial charge in [0.1, 0.15) is 11.5 Å². The smallest absolute Gasteiger partial charge is 0.336 e. The first-order chi connectivity index (χ1) is 13.9. The van der Waals surface area contributed by atoms with Crippen LogP contribution in [-0.2, 0) is 0 Å². The minimum atomic E-state index is -1.05. The van der Waals surface area contributed by atoms with E-state index in [0.29, 0.717) is 43.2 Å². The molecule has 0 unspecified atom stereocenters. The molecule has 0 radical (unpaired) electrons. The van der Waals surface area contributed by atoms with Gasteiger partial charge in [0.25, 0.3) is 0 Å². The number of benzene rings is 2. The maximum absolute atomic E-state index is 11.6. The predicted molar refractivity (Wildman–Crippen MR) is 117 cm³/mol. The average Bonchev–Trinajstić information content (AvgIpc) is 3.17. The fourth-order valence-electron chi connectivity index (χ4n) is 2.90. The number of nitrogens with zero attached hydrogens (tertiary/aromatic N) is 1. The number of hydrogen-bond acceptors (Lipinski definition) is 3. The Hall–Kier alpha value is -2.79. The number of furan rings is 1. The maximum atomic E-state index is 11.6. The van der Waals surface area contributed by atoms with Crippen LogP contribution in [0.5, 0.6) is 0 Å². The zero-order valence-corrected chi connectivity index (χ0v) is 17.0. The molecule has 0 aliphatic heterocycles. The molecule has 2 aromatic carbocycles. The molecule has 2 aromatic heterocycles. The molecule has 0 amide bonds. The van der Waals surface area contributed by atoms with E-state index in [1.165, 1.54) is 6.07 Å². The quantitative estimate of drug-likeness (QED) is 0.358. The van der Waals surface area contributed by atoms with Crippen molar-refractivity contribution in [3.63, 3.8) is 0 Å². The summed E-state index contributed by atoms with van der Waals surface area (Å²) in [4.78, 5) is 16.1. The van der Waals surface area contributed by atoms with Gasteiger partial charge in [-0.15, -0.1) is 0 Å². The summed E-state index contributed by atoms with van der Waals surface area (Å²) in [5.74, 6) is 0.172. The van der Waals surface area contributed by atoms with Crippen molar-refractivity contribution in [1.82, 2.24) is 4.98 Å². The summed E-state index contributed by atoms with van der Waals surface area (Å²) in [5, 5.41) is 11.4. The second-order valence-electron chi connectivity index (χ2n) is 6.23. The van der Waals surface area contributed by atoms with Crippen LogP contribution in [-0.4, -0.2) is 16.1 Å². The summed E-state index contributed by atoms with van der Waals surface area (Å²) in [5.41, 5.74) is 1.97. The van der Waals surface area contributed by atoms with Gasteiger partial charge in [0.15, 0.2) is 0 Å². The summed E-state index contributed by atoms with van der Waals surface area (Å²) < 4.78 is 5.82. The van der Waals surface area contributed by atoms with Crippen LogP contribution in [0.2, 0.25) is 15.1 Å². The van der Waals surface area contributed by atoms with Crippen molar-refractivity contribution in [2.75, 3.05) is 0 Å². The van der Waals surface area contributed by atoms with E-state index in [1.54, 1.807) is 48.6 Å². The fourth-order valence-corrected chi connectivity index (χ4v) is 3.37. The molecule has 29 heavy (non-hydrogen) atoms.